The Kier molecular flexibility index (Phi) is 91.6. The molecule has 0 heterocycles. The average molecular weight is 1760 g/mol. The van der Waals surface area contributed by atoms with Crippen molar-refractivity contribution >= 4 is 33.6 Å². The summed E-state index contributed by atoms with van der Waals surface area (Å²) in [6.45, 7) is 2.45. The van der Waals surface area contributed by atoms with Crippen LogP contribution in [0.5, 0.6) is 0 Å². The maximum Gasteiger partial charge on any atom is 0.472 e. The van der Waals surface area contributed by atoms with E-state index < -0.39 is 91.5 Å². The van der Waals surface area contributed by atoms with E-state index in [1.54, 1.807) is 0 Å². The van der Waals surface area contributed by atoms with Gasteiger partial charge in [-0.1, -0.05) is 409 Å². The maximum atomic E-state index is 13.1. The fourth-order valence-corrected chi connectivity index (χ4v) is 14.8. The van der Waals surface area contributed by atoms with Crippen LogP contribution in [0.25, 0.3) is 0 Å². The number of carbonyl (C=O) groups is 3. The second-order valence-electron chi connectivity index (χ2n) is 32.5. The molecule has 0 bridgehead atoms. The number of rotatable bonds is 92. The highest BCUT2D eigenvalue weighted by molar-refractivity contribution is 7.47. The first-order valence-electron chi connectivity index (χ1n) is 49.1. The molecule has 0 aliphatic rings. The summed E-state index contributed by atoms with van der Waals surface area (Å²) in [5, 5.41) is 20.8. The van der Waals surface area contributed by atoms with E-state index in [0.29, 0.717) is 19.3 Å². The molecule has 0 aromatic carbocycles. The molecule has 0 aromatic rings. The van der Waals surface area contributed by atoms with E-state index in [-0.39, 0.29) is 19.3 Å². The first kappa shape index (κ1) is 118. The maximum absolute atomic E-state index is 13.1. The molecule has 0 saturated carbocycles. The summed E-state index contributed by atoms with van der Waals surface area (Å²) in [6, 6.07) is 0. The van der Waals surface area contributed by atoms with Gasteiger partial charge in [0.15, 0.2) is 6.10 Å². The number of phosphoric ester groups is 2. The molecule has 18 heteroatoms. The van der Waals surface area contributed by atoms with Crippen LogP contribution in [0.15, 0.2) is 182 Å². The van der Waals surface area contributed by atoms with Crippen LogP contribution in [-0.2, 0) is 55.8 Å². The van der Waals surface area contributed by atoms with Crippen molar-refractivity contribution in [2.75, 3.05) is 39.6 Å². The largest absolute Gasteiger partial charge is 0.472 e. The van der Waals surface area contributed by atoms with E-state index in [9.17, 15) is 43.5 Å². The van der Waals surface area contributed by atoms with E-state index >= 15 is 0 Å². The molecule has 16 nitrogen and oxygen atoms in total. The third kappa shape index (κ3) is 97.1. The van der Waals surface area contributed by atoms with E-state index in [0.717, 1.165) is 167 Å². The highest BCUT2D eigenvalue weighted by Crippen LogP contribution is 2.45. The summed E-state index contributed by atoms with van der Waals surface area (Å²) in [5.74, 6) is -1.60. The van der Waals surface area contributed by atoms with Crippen molar-refractivity contribution in [3.8, 4) is 0 Å². The normalized spacial score (nSPS) is 14.5. The molecular formula is C105H178O16P2. The minimum atomic E-state index is -4.96. The lowest BCUT2D eigenvalue weighted by atomic mass is 10.0. The van der Waals surface area contributed by atoms with Gasteiger partial charge in [0.1, 0.15) is 25.4 Å². The van der Waals surface area contributed by atoms with Crippen LogP contribution in [0, 0.1) is 0 Å². The molecular weight excluding hydrogens is 1580 g/mol. The molecule has 0 aromatic heterocycles. The summed E-state index contributed by atoms with van der Waals surface area (Å²) < 4.78 is 61.6. The number of aliphatic hydroxyl groups is 2. The van der Waals surface area contributed by atoms with Crippen LogP contribution in [-0.4, -0.2) is 95.9 Å². The number of allylic oxidation sites excluding steroid dienone is 30. The van der Waals surface area contributed by atoms with Crippen molar-refractivity contribution in [3.63, 3.8) is 0 Å². The Labute approximate surface area is 751 Å². The number of esters is 3. The highest BCUT2D eigenvalue weighted by Gasteiger charge is 2.30. The molecule has 0 aliphatic carbocycles. The molecule has 0 radical (unpaired) electrons. The van der Waals surface area contributed by atoms with E-state index in [4.69, 9.17) is 32.3 Å². The number of unbranched alkanes of at least 4 members (excludes halogenated alkanes) is 39. The molecule has 0 rings (SSSR count). The molecule has 704 valence electrons. The lowest BCUT2D eigenvalue weighted by Gasteiger charge is -2.21. The molecule has 0 amide bonds. The van der Waals surface area contributed by atoms with Crippen LogP contribution in [0.2, 0.25) is 0 Å². The van der Waals surface area contributed by atoms with Crippen molar-refractivity contribution in [3.05, 3.63) is 182 Å². The van der Waals surface area contributed by atoms with Gasteiger partial charge in [0.25, 0.3) is 0 Å². The predicted molar refractivity (Wildman–Crippen MR) is 518 cm³/mol. The first-order valence-corrected chi connectivity index (χ1v) is 52.1. The summed E-state index contributed by atoms with van der Waals surface area (Å²) in [6.07, 6.45) is 127. The Bertz CT molecular complexity index is 2970. The Morgan fingerprint density at radius 1 is 0.236 bits per heavy atom. The average Bonchev–Trinajstić information content (AvgIpc) is 0.909. The molecule has 0 spiro atoms. The minimum Gasteiger partial charge on any atom is -0.463 e. The van der Waals surface area contributed by atoms with Gasteiger partial charge >= 0.3 is 33.6 Å². The van der Waals surface area contributed by atoms with Gasteiger partial charge in [-0.2, -0.15) is 0 Å². The molecule has 4 N–H and O–H groups in total. The summed E-state index contributed by atoms with van der Waals surface area (Å²) in [5.41, 5.74) is 0. The van der Waals surface area contributed by atoms with Crippen LogP contribution < -0.4 is 0 Å². The number of ether oxygens (including phenoxy) is 3. The van der Waals surface area contributed by atoms with Crippen LogP contribution in [0.3, 0.4) is 0 Å². The van der Waals surface area contributed by atoms with Gasteiger partial charge in [-0.05, 0) is 161 Å². The number of aliphatic hydroxyl groups excluding tert-OH is 2. The summed E-state index contributed by atoms with van der Waals surface area (Å²) in [7, 11) is -9.83. The monoisotopic (exact) mass is 1760 g/mol. The smallest absolute Gasteiger partial charge is 0.463 e. The molecule has 0 aliphatic heterocycles. The van der Waals surface area contributed by atoms with Gasteiger partial charge in [-0.3, -0.25) is 32.5 Å². The van der Waals surface area contributed by atoms with Crippen LogP contribution in [0.1, 0.15) is 406 Å². The lowest BCUT2D eigenvalue weighted by molar-refractivity contribution is -0.161. The Balaban J connectivity index is 4.57. The number of hydrogen-bond donors (Lipinski definition) is 4. The van der Waals surface area contributed by atoms with Crippen molar-refractivity contribution in [2.24, 2.45) is 0 Å². The van der Waals surface area contributed by atoms with Gasteiger partial charge in [0, 0.05) is 19.3 Å². The third-order valence-corrected chi connectivity index (χ3v) is 22.5. The summed E-state index contributed by atoms with van der Waals surface area (Å²) in [4.78, 5) is 59.1. The second kappa shape index (κ2) is 95.7. The predicted octanol–water partition coefficient (Wildman–Crippen LogP) is 30.8. The van der Waals surface area contributed by atoms with Gasteiger partial charge in [-0.25, -0.2) is 9.13 Å². The Morgan fingerprint density at radius 3 is 0.683 bits per heavy atom. The SMILES string of the molecule is CC/C=C\C/C=C\C/C=C\C/C=C\C/C=C\C/C=C\CCCCCCC(=O)OC(COC(=O)CCCCCCCCCCCCCCC/C=C\C/C=C\C/C=C\C/C=C\CCCCC)COP(=O)(O)OCC(O)COP(=O)(O)OCC(O)COC(=O)CCCCCCCCCCCCCCCCCCCCC/C=C\C/C=C\C/C=C\C/C=C\C/C=C\CC. The fourth-order valence-electron chi connectivity index (χ4n) is 13.2. The van der Waals surface area contributed by atoms with Crippen LogP contribution >= 0.6 is 15.6 Å². The Hall–Kier alpha value is -5.35. The molecule has 0 fully saturated rings. The van der Waals surface area contributed by atoms with Crippen molar-refractivity contribution < 1.29 is 75.8 Å². The molecule has 0 saturated heterocycles. The minimum absolute atomic E-state index is 0.0699. The van der Waals surface area contributed by atoms with Crippen LogP contribution in [0.4, 0.5) is 0 Å². The lowest BCUT2D eigenvalue weighted by Crippen LogP contribution is -2.30. The highest BCUT2D eigenvalue weighted by atomic mass is 31.2. The van der Waals surface area contributed by atoms with Gasteiger partial charge in [-0.15, -0.1) is 0 Å². The van der Waals surface area contributed by atoms with E-state index in [1.807, 2.05) is 0 Å². The number of phosphoric acid groups is 2. The quantitative estimate of drug-likeness (QED) is 0.0146. The molecule has 5 unspecified atom stereocenters. The fraction of sp³-hybridized carbons (Fsp3) is 0.686. The van der Waals surface area contributed by atoms with E-state index in [2.05, 4.69) is 203 Å². The second-order valence-corrected chi connectivity index (χ2v) is 35.4. The molecule has 5 atom stereocenters. The Morgan fingerprint density at radius 2 is 0.431 bits per heavy atom. The first-order chi connectivity index (χ1) is 60.2. The summed E-state index contributed by atoms with van der Waals surface area (Å²) >= 11 is 0. The third-order valence-electron chi connectivity index (χ3n) is 20.6. The zero-order chi connectivity index (χ0) is 89.3. The van der Waals surface area contributed by atoms with Gasteiger partial charge in [0.2, 0.25) is 0 Å². The van der Waals surface area contributed by atoms with Crippen molar-refractivity contribution in [1.82, 2.24) is 0 Å². The van der Waals surface area contributed by atoms with Crippen molar-refractivity contribution in [2.45, 2.75) is 424 Å². The zero-order valence-corrected chi connectivity index (χ0v) is 79.6. The van der Waals surface area contributed by atoms with E-state index in [1.165, 1.54) is 180 Å². The molecule has 123 heavy (non-hydrogen) atoms. The van der Waals surface area contributed by atoms with Crippen molar-refractivity contribution in [1.29, 1.82) is 0 Å². The topological polar surface area (TPSA) is 231 Å². The zero-order valence-electron chi connectivity index (χ0n) is 77.8. The standard InChI is InChI=1S/C105H178O16P2/c1-4-7-10-13-16-19-22-25-28-31-34-37-40-42-44-46-47-48-49-50-51-53-55-56-59-61-64-67-70-73-76-79-82-85-88-91-103(108)115-94-100(106)95-117-122(111,112)118-96-101(107)97-119-123(113,114)120-99-102(121-105(110)93-90-87-84-81-78-75-72-69-66-63-58-39-36-33-30-27-24-21-18-15-12-9-6-3)98-116-104(109)92-89-86-83-80-77-74-71-68-65-62-60-57-54-52-45-43-41-38-35-32-29-26-23-20-17-14-11-8-5-2/h7,9-10,12,16-21,25-30,34-39,42-45,63,66,72,75,100-102,106-107H,4-6,8,11,13-15,22-24,31-33,40-41,46-62,64-65,67-71,73-74,76-99H2,1-3H3,(H,111,112)(H,113,114)/b10-7-,12-9-,19-16-,20-17-,21-18-,28-25-,29-26-,30-27-,37-34-,38-35-,39-36-,44-42-,45-43-,66-63-,75-72-. The van der Waals surface area contributed by atoms with Gasteiger partial charge < -0.3 is 34.2 Å². The number of hydrogen-bond acceptors (Lipinski definition) is 14. The number of carbonyl (C=O) groups excluding carboxylic acids is 3. The van der Waals surface area contributed by atoms with Gasteiger partial charge in [0.05, 0.1) is 26.4 Å².